The minimum atomic E-state index is -4.32. The molecule has 1 aliphatic rings. The monoisotopic (exact) mass is 245 g/mol. The quantitative estimate of drug-likeness (QED) is 0.825. The first-order valence-electron chi connectivity index (χ1n) is 5.46. The van der Waals surface area contributed by atoms with Gasteiger partial charge in [0.2, 0.25) is 0 Å². The first-order chi connectivity index (χ1) is 7.92. The Morgan fingerprint density at radius 1 is 1.18 bits per heavy atom. The summed E-state index contributed by atoms with van der Waals surface area (Å²) in [6, 6.07) is 5.26. The summed E-state index contributed by atoms with van der Waals surface area (Å²) in [6.07, 6.45) is -3.22. The number of hydrogen-bond acceptors (Lipinski definition) is 2. The Morgan fingerprint density at radius 2 is 1.82 bits per heavy atom. The summed E-state index contributed by atoms with van der Waals surface area (Å²) < 4.78 is 43.0. The number of rotatable bonds is 1. The summed E-state index contributed by atoms with van der Waals surface area (Å²) in [6.45, 7) is 0.986. The second kappa shape index (κ2) is 4.31. The van der Waals surface area contributed by atoms with Crippen LogP contribution in [0.4, 0.5) is 13.2 Å². The summed E-state index contributed by atoms with van der Waals surface area (Å²) in [7, 11) is 0. The summed E-state index contributed by atoms with van der Waals surface area (Å²) in [4.78, 5) is 0. The molecule has 0 atom stereocenters. The third-order valence-electron chi connectivity index (χ3n) is 3.15. The van der Waals surface area contributed by atoms with Crippen LogP contribution in [0.25, 0.3) is 0 Å². The van der Waals surface area contributed by atoms with Crippen molar-refractivity contribution in [2.75, 3.05) is 13.2 Å². The molecule has 0 radical (unpaired) electrons. The number of hydrogen-bond donors (Lipinski definition) is 1. The molecule has 5 heteroatoms. The largest absolute Gasteiger partial charge is 0.416 e. The Morgan fingerprint density at radius 3 is 2.41 bits per heavy atom. The Balaban J connectivity index is 2.32. The molecule has 1 fully saturated rings. The van der Waals surface area contributed by atoms with Gasteiger partial charge in [0.05, 0.1) is 5.56 Å². The van der Waals surface area contributed by atoms with Gasteiger partial charge in [-0.25, -0.2) is 0 Å². The zero-order valence-corrected chi connectivity index (χ0v) is 9.26. The highest BCUT2D eigenvalue weighted by Crippen LogP contribution is 2.34. The fraction of sp³-hybridized carbons (Fsp3) is 0.500. The minimum Gasteiger partial charge on any atom is -0.381 e. The maximum atomic E-state index is 12.6. The SMILES string of the molecule is NC1(c2cccc(C(F)(F)F)c2)CCOCC1. The minimum absolute atomic E-state index is 0.493. The van der Waals surface area contributed by atoms with E-state index in [-0.39, 0.29) is 0 Å². The molecule has 0 unspecified atom stereocenters. The van der Waals surface area contributed by atoms with Crippen LogP contribution in [0.1, 0.15) is 24.0 Å². The molecule has 2 nitrogen and oxygen atoms in total. The van der Waals surface area contributed by atoms with Gasteiger partial charge in [-0.15, -0.1) is 0 Å². The van der Waals surface area contributed by atoms with E-state index in [0.29, 0.717) is 31.6 Å². The average Bonchev–Trinajstić information content (AvgIpc) is 2.29. The van der Waals surface area contributed by atoms with Crippen LogP contribution in [0.5, 0.6) is 0 Å². The zero-order valence-electron chi connectivity index (χ0n) is 9.26. The van der Waals surface area contributed by atoms with Crippen LogP contribution >= 0.6 is 0 Å². The van der Waals surface area contributed by atoms with Gasteiger partial charge in [0.25, 0.3) is 0 Å². The average molecular weight is 245 g/mol. The zero-order chi connectivity index (χ0) is 12.5. The predicted octanol–water partition coefficient (Wildman–Crippen LogP) is 2.67. The number of benzene rings is 1. The van der Waals surface area contributed by atoms with E-state index in [1.54, 1.807) is 6.07 Å². The summed E-state index contributed by atoms with van der Waals surface area (Å²) in [5.41, 5.74) is 5.34. The lowest BCUT2D eigenvalue weighted by Gasteiger charge is -2.34. The Kier molecular flexibility index (Phi) is 3.14. The van der Waals surface area contributed by atoms with Crippen LogP contribution in [0.2, 0.25) is 0 Å². The van der Waals surface area contributed by atoms with Gasteiger partial charge in [0.15, 0.2) is 0 Å². The number of nitrogens with two attached hydrogens (primary N) is 1. The molecule has 0 amide bonds. The van der Waals surface area contributed by atoms with Crippen molar-refractivity contribution in [3.8, 4) is 0 Å². The molecule has 0 spiro atoms. The summed E-state index contributed by atoms with van der Waals surface area (Å²) >= 11 is 0. The maximum Gasteiger partial charge on any atom is 0.416 e. The lowest BCUT2D eigenvalue weighted by atomic mass is 9.83. The van der Waals surface area contributed by atoms with E-state index in [9.17, 15) is 13.2 Å². The topological polar surface area (TPSA) is 35.2 Å². The molecule has 0 aromatic heterocycles. The van der Waals surface area contributed by atoms with Gasteiger partial charge in [0.1, 0.15) is 0 Å². The second-order valence-corrected chi connectivity index (χ2v) is 4.35. The molecule has 2 rings (SSSR count). The van der Waals surface area contributed by atoms with E-state index in [2.05, 4.69) is 0 Å². The first-order valence-corrected chi connectivity index (χ1v) is 5.46. The molecule has 1 aromatic carbocycles. The molecule has 2 N–H and O–H groups in total. The summed E-state index contributed by atoms with van der Waals surface area (Å²) in [5.74, 6) is 0. The fourth-order valence-electron chi connectivity index (χ4n) is 2.03. The van der Waals surface area contributed by atoms with Crippen LogP contribution < -0.4 is 5.73 Å². The molecule has 0 aliphatic carbocycles. The number of halogens is 3. The van der Waals surface area contributed by atoms with Crippen LogP contribution in [0.15, 0.2) is 24.3 Å². The summed E-state index contributed by atoms with van der Waals surface area (Å²) in [5, 5.41) is 0. The van der Waals surface area contributed by atoms with Crippen molar-refractivity contribution >= 4 is 0 Å². The third-order valence-corrected chi connectivity index (χ3v) is 3.15. The third kappa shape index (κ3) is 2.61. The van der Waals surface area contributed by atoms with Crippen molar-refractivity contribution in [3.63, 3.8) is 0 Å². The van der Waals surface area contributed by atoms with Gasteiger partial charge in [-0.1, -0.05) is 12.1 Å². The van der Waals surface area contributed by atoms with Gasteiger partial charge in [-0.05, 0) is 30.5 Å². The van der Waals surface area contributed by atoms with E-state index in [0.717, 1.165) is 12.1 Å². The van der Waals surface area contributed by atoms with Crippen molar-refractivity contribution in [3.05, 3.63) is 35.4 Å². The van der Waals surface area contributed by atoms with Crippen molar-refractivity contribution in [1.29, 1.82) is 0 Å². The Labute approximate surface area is 97.6 Å². The standard InChI is InChI=1S/C12H14F3NO/c13-12(14,15)10-3-1-2-9(8-10)11(16)4-6-17-7-5-11/h1-3,8H,4-7,16H2. The van der Waals surface area contributed by atoms with Gasteiger partial charge >= 0.3 is 6.18 Å². The highest BCUT2D eigenvalue weighted by Gasteiger charge is 2.34. The van der Waals surface area contributed by atoms with Crippen LogP contribution in [-0.2, 0) is 16.5 Å². The molecule has 1 saturated heterocycles. The van der Waals surface area contributed by atoms with Gasteiger partial charge in [-0.3, -0.25) is 0 Å². The van der Waals surface area contributed by atoms with Crippen LogP contribution in [-0.4, -0.2) is 13.2 Å². The first kappa shape index (κ1) is 12.4. The highest BCUT2D eigenvalue weighted by molar-refractivity contribution is 5.31. The fourth-order valence-corrected chi connectivity index (χ4v) is 2.03. The molecule has 17 heavy (non-hydrogen) atoms. The van der Waals surface area contributed by atoms with E-state index in [1.807, 2.05) is 0 Å². The molecule has 1 aromatic rings. The number of alkyl halides is 3. The number of ether oxygens (including phenoxy) is 1. The Hall–Kier alpha value is -1.07. The van der Waals surface area contributed by atoms with Crippen LogP contribution in [0.3, 0.4) is 0 Å². The van der Waals surface area contributed by atoms with Crippen molar-refractivity contribution in [1.82, 2.24) is 0 Å². The molecule has 1 heterocycles. The van der Waals surface area contributed by atoms with Crippen LogP contribution in [0, 0.1) is 0 Å². The van der Waals surface area contributed by atoms with E-state index >= 15 is 0 Å². The maximum absolute atomic E-state index is 12.6. The van der Waals surface area contributed by atoms with Gasteiger partial charge in [-0.2, -0.15) is 13.2 Å². The van der Waals surface area contributed by atoms with E-state index < -0.39 is 17.3 Å². The smallest absolute Gasteiger partial charge is 0.381 e. The van der Waals surface area contributed by atoms with E-state index in [1.165, 1.54) is 6.07 Å². The van der Waals surface area contributed by atoms with Crippen molar-refractivity contribution in [2.24, 2.45) is 5.73 Å². The van der Waals surface area contributed by atoms with Gasteiger partial charge < -0.3 is 10.5 Å². The van der Waals surface area contributed by atoms with Gasteiger partial charge in [0, 0.05) is 18.8 Å². The molecular formula is C12H14F3NO. The van der Waals surface area contributed by atoms with Crippen molar-refractivity contribution < 1.29 is 17.9 Å². The Bertz CT molecular complexity index is 397. The molecule has 0 bridgehead atoms. The lowest BCUT2D eigenvalue weighted by Crippen LogP contribution is -2.42. The predicted molar refractivity (Wildman–Crippen MR) is 57.4 cm³/mol. The highest BCUT2D eigenvalue weighted by atomic mass is 19.4. The van der Waals surface area contributed by atoms with Crippen molar-refractivity contribution in [2.45, 2.75) is 24.6 Å². The van der Waals surface area contributed by atoms with E-state index in [4.69, 9.17) is 10.5 Å². The lowest BCUT2D eigenvalue weighted by molar-refractivity contribution is -0.137. The molecule has 1 aliphatic heterocycles. The molecule has 0 saturated carbocycles. The normalized spacial score (nSPS) is 20.2. The second-order valence-electron chi connectivity index (χ2n) is 4.35. The molecular weight excluding hydrogens is 231 g/mol. The molecule has 94 valence electrons.